The Morgan fingerprint density at radius 1 is 1.05 bits per heavy atom. The molecular formula is C17H15F2NS. The molecule has 4 heteroatoms. The lowest BCUT2D eigenvalue weighted by atomic mass is 9.97. The summed E-state index contributed by atoms with van der Waals surface area (Å²) in [6.45, 7) is 0. The number of rotatable bonds is 4. The number of hydrogen-bond acceptors (Lipinski definition) is 2. The second-order valence-corrected chi connectivity index (χ2v) is 5.85. The molecule has 0 aliphatic heterocycles. The number of fused-ring (bicyclic) bond motifs is 1. The number of benzene rings is 2. The van der Waals surface area contributed by atoms with Crippen LogP contribution in [0.3, 0.4) is 0 Å². The standard InChI is InChI=1S/C17H15F2NS/c1-20-16(10-13-14(18)6-3-7-15(13)19)12-5-2-4-11-8-9-21-17(11)12/h2-9,16,20H,10H2,1H3. The van der Waals surface area contributed by atoms with Gasteiger partial charge in [-0.15, -0.1) is 11.3 Å². The van der Waals surface area contributed by atoms with Crippen molar-refractivity contribution in [2.24, 2.45) is 0 Å². The molecule has 0 saturated heterocycles. The Balaban J connectivity index is 2.01. The predicted molar refractivity (Wildman–Crippen MR) is 83.7 cm³/mol. The molecular weight excluding hydrogens is 288 g/mol. The maximum atomic E-state index is 13.9. The van der Waals surface area contributed by atoms with Crippen LogP contribution in [0.1, 0.15) is 17.2 Å². The lowest BCUT2D eigenvalue weighted by Crippen LogP contribution is -2.20. The first kappa shape index (κ1) is 14.2. The molecule has 0 radical (unpaired) electrons. The second kappa shape index (κ2) is 5.92. The van der Waals surface area contributed by atoms with Crippen LogP contribution in [0.5, 0.6) is 0 Å². The molecule has 0 saturated carbocycles. The average Bonchev–Trinajstić information content (AvgIpc) is 2.96. The Morgan fingerprint density at radius 2 is 1.76 bits per heavy atom. The Hall–Kier alpha value is -1.78. The molecule has 1 aromatic heterocycles. The Labute approximate surface area is 126 Å². The lowest BCUT2D eigenvalue weighted by molar-refractivity contribution is 0.517. The third kappa shape index (κ3) is 2.69. The minimum Gasteiger partial charge on any atom is -0.313 e. The van der Waals surface area contributed by atoms with Gasteiger partial charge >= 0.3 is 0 Å². The van der Waals surface area contributed by atoms with E-state index in [0.717, 1.165) is 15.6 Å². The van der Waals surface area contributed by atoms with Gasteiger partial charge in [0.15, 0.2) is 0 Å². The quantitative estimate of drug-likeness (QED) is 0.738. The third-order valence-electron chi connectivity index (χ3n) is 3.70. The zero-order chi connectivity index (χ0) is 14.8. The van der Waals surface area contributed by atoms with Crippen molar-refractivity contribution in [3.05, 3.63) is 70.6 Å². The van der Waals surface area contributed by atoms with Crippen LogP contribution in [-0.2, 0) is 6.42 Å². The van der Waals surface area contributed by atoms with Gasteiger partial charge in [0.2, 0.25) is 0 Å². The van der Waals surface area contributed by atoms with Crippen LogP contribution in [0.25, 0.3) is 10.1 Å². The van der Waals surface area contributed by atoms with Gasteiger partial charge in [-0.3, -0.25) is 0 Å². The van der Waals surface area contributed by atoms with Gasteiger partial charge < -0.3 is 5.32 Å². The van der Waals surface area contributed by atoms with Crippen molar-refractivity contribution in [1.82, 2.24) is 5.32 Å². The van der Waals surface area contributed by atoms with E-state index in [1.165, 1.54) is 18.2 Å². The molecule has 1 unspecified atom stereocenters. The number of thiophene rings is 1. The van der Waals surface area contributed by atoms with Gasteiger partial charge in [0, 0.05) is 16.3 Å². The molecule has 0 fully saturated rings. The van der Waals surface area contributed by atoms with Gasteiger partial charge in [-0.05, 0) is 48.0 Å². The van der Waals surface area contributed by atoms with Crippen LogP contribution in [0.4, 0.5) is 8.78 Å². The number of likely N-dealkylation sites (N-methyl/N-ethyl adjacent to an activating group) is 1. The molecule has 21 heavy (non-hydrogen) atoms. The summed E-state index contributed by atoms with van der Waals surface area (Å²) in [6.07, 6.45) is 0.284. The monoisotopic (exact) mass is 303 g/mol. The van der Waals surface area contributed by atoms with Crippen LogP contribution in [0.2, 0.25) is 0 Å². The van der Waals surface area contributed by atoms with Crippen molar-refractivity contribution in [3.63, 3.8) is 0 Å². The van der Waals surface area contributed by atoms with E-state index < -0.39 is 11.6 Å². The molecule has 0 aliphatic carbocycles. The van der Waals surface area contributed by atoms with E-state index in [1.54, 1.807) is 11.3 Å². The molecule has 3 rings (SSSR count). The summed E-state index contributed by atoms with van der Waals surface area (Å²) in [4.78, 5) is 0. The molecule has 108 valence electrons. The van der Waals surface area contributed by atoms with E-state index in [2.05, 4.69) is 11.4 Å². The van der Waals surface area contributed by atoms with Crippen LogP contribution in [-0.4, -0.2) is 7.05 Å². The highest BCUT2D eigenvalue weighted by Crippen LogP contribution is 2.31. The van der Waals surface area contributed by atoms with Gasteiger partial charge in [0.1, 0.15) is 11.6 Å². The highest BCUT2D eigenvalue weighted by molar-refractivity contribution is 7.17. The van der Waals surface area contributed by atoms with Gasteiger partial charge in [0.25, 0.3) is 0 Å². The van der Waals surface area contributed by atoms with E-state index in [4.69, 9.17) is 0 Å². The highest BCUT2D eigenvalue weighted by Gasteiger charge is 2.18. The van der Waals surface area contributed by atoms with Crippen molar-refractivity contribution >= 4 is 21.4 Å². The topological polar surface area (TPSA) is 12.0 Å². The van der Waals surface area contributed by atoms with Crippen LogP contribution < -0.4 is 5.32 Å². The second-order valence-electron chi connectivity index (χ2n) is 4.93. The smallest absolute Gasteiger partial charge is 0.129 e. The zero-order valence-corrected chi connectivity index (χ0v) is 12.4. The molecule has 1 atom stereocenters. The van der Waals surface area contributed by atoms with Gasteiger partial charge in [0.05, 0.1) is 0 Å². The van der Waals surface area contributed by atoms with Crippen molar-refractivity contribution in [3.8, 4) is 0 Å². The van der Waals surface area contributed by atoms with Crippen LogP contribution >= 0.6 is 11.3 Å². The summed E-state index contributed by atoms with van der Waals surface area (Å²) < 4.78 is 28.9. The summed E-state index contributed by atoms with van der Waals surface area (Å²) in [7, 11) is 1.82. The first-order valence-corrected chi connectivity index (χ1v) is 7.65. The first-order chi connectivity index (χ1) is 10.2. The third-order valence-corrected chi connectivity index (χ3v) is 4.68. The van der Waals surface area contributed by atoms with Crippen molar-refractivity contribution < 1.29 is 8.78 Å². The SMILES string of the molecule is CNC(Cc1c(F)cccc1F)c1cccc2ccsc12. The fraction of sp³-hybridized carbons (Fsp3) is 0.176. The van der Waals surface area contributed by atoms with E-state index in [9.17, 15) is 8.78 Å². The molecule has 1 nitrogen and oxygen atoms in total. The molecule has 2 aromatic carbocycles. The Kier molecular flexibility index (Phi) is 3.99. The summed E-state index contributed by atoms with van der Waals surface area (Å²) in [6, 6.07) is 12.0. The number of hydrogen-bond donors (Lipinski definition) is 1. The van der Waals surface area contributed by atoms with Crippen molar-refractivity contribution in [2.45, 2.75) is 12.5 Å². The average molecular weight is 303 g/mol. The van der Waals surface area contributed by atoms with E-state index >= 15 is 0 Å². The molecule has 0 bridgehead atoms. The van der Waals surface area contributed by atoms with Crippen molar-refractivity contribution in [1.29, 1.82) is 0 Å². The normalized spacial score (nSPS) is 12.7. The number of halogens is 2. The van der Waals surface area contributed by atoms with Gasteiger partial charge in [-0.1, -0.05) is 24.3 Å². The largest absolute Gasteiger partial charge is 0.313 e. The Morgan fingerprint density at radius 3 is 2.48 bits per heavy atom. The summed E-state index contributed by atoms with van der Waals surface area (Å²) >= 11 is 1.65. The van der Waals surface area contributed by atoms with Gasteiger partial charge in [-0.25, -0.2) is 8.78 Å². The zero-order valence-electron chi connectivity index (χ0n) is 11.6. The molecule has 1 N–H and O–H groups in total. The molecule has 0 amide bonds. The molecule has 0 aliphatic rings. The lowest BCUT2D eigenvalue weighted by Gasteiger charge is -2.18. The van der Waals surface area contributed by atoms with E-state index in [-0.39, 0.29) is 18.0 Å². The summed E-state index contributed by atoms with van der Waals surface area (Å²) in [5.41, 5.74) is 1.21. The van der Waals surface area contributed by atoms with E-state index in [1.807, 2.05) is 30.6 Å². The Bertz CT molecular complexity index is 746. The minimum absolute atomic E-state index is 0.126. The fourth-order valence-electron chi connectivity index (χ4n) is 2.59. The van der Waals surface area contributed by atoms with Crippen LogP contribution in [0, 0.1) is 11.6 Å². The molecule has 1 heterocycles. The summed E-state index contributed by atoms with van der Waals surface area (Å²) in [5.74, 6) is -0.984. The fourth-order valence-corrected chi connectivity index (χ4v) is 3.56. The molecule has 0 spiro atoms. The minimum atomic E-state index is -0.492. The number of nitrogens with one attached hydrogen (secondary N) is 1. The molecule has 3 aromatic rings. The maximum absolute atomic E-state index is 13.9. The highest BCUT2D eigenvalue weighted by atomic mass is 32.1. The predicted octanol–water partition coefficient (Wildman–Crippen LogP) is 4.68. The van der Waals surface area contributed by atoms with Crippen molar-refractivity contribution in [2.75, 3.05) is 7.05 Å². The first-order valence-electron chi connectivity index (χ1n) is 6.77. The summed E-state index contributed by atoms with van der Waals surface area (Å²) in [5, 5.41) is 6.37. The maximum Gasteiger partial charge on any atom is 0.129 e. The van der Waals surface area contributed by atoms with Crippen LogP contribution in [0.15, 0.2) is 47.8 Å². The van der Waals surface area contributed by atoms with Gasteiger partial charge in [-0.2, -0.15) is 0 Å². The van der Waals surface area contributed by atoms with E-state index in [0.29, 0.717) is 0 Å².